The zero-order valence-electron chi connectivity index (χ0n) is 21.0. The number of ether oxygens (including phenoxy) is 3. The summed E-state index contributed by atoms with van der Waals surface area (Å²) in [5.74, 6) is 1.69. The third-order valence-electron chi connectivity index (χ3n) is 6.53. The molecule has 0 amide bonds. The quantitative estimate of drug-likeness (QED) is 0.242. The van der Waals surface area contributed by atoms with Crippen molar-refractivity contribution in [3.63, 3.8) is 0 Å². The molecule has 1 N–H and O–H groups in total. The summed E-state index contributed by atoms with van der Waals surface area (Å²) >= 11 is 3.53. The van der Waals surface area contributed by atoms with Crippen LogP contribution in [0.2, 0.25) is 0 Å². The monoisotopic (exact) mass is 561 g/mol. The Morgan fingerprint density at radius 2 is 1.78 bits per heavy atom. The highest BCUT2D eigenvalue weighted by Gasteiger charge is 2.37. The van der Waals surface area contributed by atoms with E-state index in [0.29, 0.717) is 23.9 Å². The molecule has 0 saturated carbocycles. The summed E-state index contributed by atoms with van der Waals surface area (Å²) in [5.41, 5.74) is 5.60. The summed E-state index contributed by atoms with van der Waals surface area (Å²) in [6.45, 7) is 2.38. The van der Waals surface area contributed by atoms with Gasteiger partial charge < -0.3 is 19.5 Å². The average Bonchev–Trinajstić information content (AvgIpc) is 3.43. The van der Waals surface area contributed by atoms with Gasteiger partial charge in [-0.3, -0.25) is 4.79 Å². The number of anilines is 2. The number of fused-ring (bicyclic) bond motifs is 3. The molecule has 4 aromatic rings. The van der Waals surface area contributed by atoms with Gasteiger partial charge in [-0.2, -0.15) is 4.68 Å². The molecule has 0 saturated heterocycles. The first-order chi connectivity index (χ1) is 18.0. The Labute approximate surface area is 224 Å². The lowest BCUT2D eigenvalue weighted by atomic mass is 9.94. The third kappa shape index (κ3) is 4.86. The fourth-order valence-corrected chi connectivity index (χ4v) is 5.25. The molecule has 1 aliphatic carbocycles. The standard InChI is InChI=1S/C29H28BrN3O4/c1-4-21-22-14-24(35-2)25(36-3)15-23(22)28-27(21)29(31-20-12-8-11-19(30)13-20)32-33(28)26(34)17-37-16-18-9-6-5-7-10-18/h5-15,21H,4,16-17H2,1-3H3,(H,31,32). The minimum Gasteiger partial charge on any atom is -0.493 e. The van der Waals surface area contributed by atoms with Gasteiger partial charge in [-0.05, 0) is 47.9 Å². The van der Waals surface area contributed by atoms with Crippen LogP contribution in [0.5, 0.6) is 11.5 Å². The molecule has 1 aromatic heterocycles. The van der Waals surface area contributed by atoms with Gasteiger partial charge in [0.2, 0.25) is 0 Å². The van der Waals surface area contributed by atoms with Crippen LogP contribution >= 0.6 is 15.9 Å². The average molecular weight is 562 g/mol. The fraction of sp³-hybridized carbons (Fsp3) is 0.241. The minimum atomic E-state index is -0.244. The van der Waals surface area contributed by atoms with Gasteiger partial charge in [-0.25, -0.2) is 0 Å². The van der Waals surface area contributed by atoms with Crippen LogP contribution in [0.4, 0.5) is 11.5 Å². The van der Waals surface area contributed by atoms with E-state index in [-0.39, 0.29) is 18.4 Å². The van der Waals surface area contributed by atoms with Crippen molar-refractivity contribution in [1.29, 1.82) is 0 Å². The maximum atomic E-state index is 13.5. The molecule has 0 radical (unpaired) electrons. The van der Waals surface area contributed by atoms with Gasteiger partial charge in [0.1, 0.15) is 6.61 Å². The number of nitrogens with zero attached hydrogens (tertiary/aromatic N) is 2. The van der Waals surface area contributed by atoms with E-state index in [0.717, 1.165) is 44.5 Å². The Morgan fingerprint density at radius 1 is 1.03 bits per heavy atom. The molecule has 5 rings (SSSR count). The van der Waals surface area contributed by atoms with Crippen LogP contribution in [-0.4, -0.2) is 36.5 Å². The number of benzene rings is 3. The Bertz CT molecular complexity index is 1430. The first kappa shape index (κ1) is 25.0. The maximum Gasteiger partial charge on any atom is 0.273 e. The molecule has 190 valence electrons. The van der Waals surface area contributed by atoms with E-state index in [1.165, 1.54) is 4.68 Å². The van der Waals surface area contributed by atoms with Crippen molar-refractivity contribution in [2.24, 2.45) is 0 Å². The summed E-state index contributed by atoms with van der Waals surface area (Å²) in [7, 11) is 3.24. The van der Waals surface area contributed by atoms with Crippen molar-refractivity contribution < 1.29 is 19.0 Å². The Hall–Kier alpha value is -3.62. The van der Waals surface area contributed by atoms with Gasteiger partial charge in [0.05, 0.1) is 26.5 Å². The topological polar surface area (TPSA) is 74.6 Å². The predicted molar refractivity (Wildman–Crippen MR) is 147 cm³/mol. The number of nitrogens with one attached hydrogen (secondary N) is 1. The van der Waals surface area contributed by atoms with Crippen molar-refractivity contribution in [2.45, 2.75) is 25.9 Å². The lowest BCUT2D eigenvalue weighted by Crippen LogP contribution is -2.19. The first-order valence-corrected chi connectivity index (χ1v) is 12.9. The van der Waals surface area contributed by atoms with Crippen LogP contribution in [0, 0.1) is 0 Å². The second-order valence-electron chi connectivity index (χ2n) is 8.79. The van der Waals surface area contributed by atoms with Crippen LogP contribution in [0.15, 0.2) is 71.2 Å². The number of aromatic nitrogens is 2. The number of hydrogen-bond donors (Lipinski definition) is 1. The van der Waals surface area contributed by atoms with E-state index in [1.807, 2.05) is 66.7 Å². The number of halogens is 1. The largest absolute Gasteiger partial charge is 0.493 e. The smallest absolute Gasteiger partial charge is 0.273 e. The van der Waals surface area contributed by atoms with Crippen LogP contribution in [-0.2, 0) is 11.3 Å². The molecular weight excluding hydrogens is 534 g/mol. The number of methoxy groups -OCH3 is 2. The zero-order chi connectivity index (χ0) is 25.9. The molecule has 37 heavy (non-hydrogen) atoms. The van der Waals surface area contributed by atoms with E-state index in [2.05, 4.69) is 28.2 Å². The lowest BCUT2D eigenvalue weighted by molar-refractivity contribution is 0.0630. The van der Waals surface area contributed by atoms with Crippen molar-refractivity contribution in [1.82, 2.24) is 9.78 Å². The van der Waals surface area contributed by atoms with Gasteiger partial charge in [0.25, 0.3) is 5.91 Å². The van der Waals surface area contributed by atoms with Crippen molar-refractivity contribution in [3.8, 4) is 22.8 Å². The normalized spacial score (nSPS) is 13.7. The zero-order valence-corrected chi connectivity index (χ0v) is 22.5. The van der Waals surface area contributed by atoms with Crippen LogP contribution < -0.4 is 14.8 Å². The highest BCUT2D eigenvalue weighted by atomic mass is 79.9. The van der Waals surface area contributed by atoms with Crippen LogP contribution in [0.1, 0.15) is 40.7 Å². The Morgan fingerprint density at radius 3 is 2.49 bits per heavy atom. The second-order valence-corrected chi connectivity index (χ2v) is 9.70. The molecule has 1 unspecified atom stereocenters. The van der Waals surface area contributed by atoms with Gasteiger partial charge in [-0.15, -0.1) is 5.10 Å². The number of rotatable bonds is 9. The van der Waals surface area contributed by atoms with E-state index in [9.17, 15) is 4.79 Å². The van der Waals surface area contributed by atoms with Crippen LogP contribution in [0.3, 0.4) is 0 Å². The van der Waals surface area contributed by atoms with Gasteiger partial charge >= 0.3 is 0 Å². The molecule has 0 spiro atoms. The second kappa shape index (κ2) is 10.8. The van der Waals surface area contributed by atoms with E-state index < -0.39 is 0 Å². The van der Waals surface area contributed by atoms with E-state index >= 15 is 0 Å². The molecule has 7 nitrogen and oxygen atoms in total. The number of carbonyl (C=O) groups is 1. The molecule has 1 heterocycles. The Kier molecular flexibility index (Phi) is 7.30. The molecule has 0 aliphatic heterocycles. The van der Waals surface area contributed by atoms with E-state index in [4.69, 9.17) is 19.3 Å². The first-order valence-electron chi connectivity index (χ1n) is 12.1. The maximum absolute atomic E-state index is 13.5. The highest BCUT2D eigenvalue weighted by molar-refractivity contribution is 9.10. The summed E-state index contributed by atoms with van der Waals surface area (Å²) in [5, 5.41) is 8.21. The summed E-state index contributed by atoms with van der Waals surface area (Å²) in [4.78, 5) is 13.5. The molecule has 3 aromatic carbocycles. The third-order valence-corrected chi connectivity index (χ3v) is 7.02. The SMILES string of the molecule is CCC1c2cc(OC)c(OC)cc2-c2c1c(Nc1cccc(Br)c1)nn2C(=O)COCc1ccccc1. The Balaban J connectivity index is 1.56. The summed E-state index contributed by atoms with van der Waals surface area (Å²) in [6, 6.07) is 21.6. The molecule has 0 bridgehead atoms. The van der Waals surface area contributed by atoms with Gasteiger partial charge in [0.15, 0.2) is 17.3 Å². The summed E-state index contributed by atoms with van der Waals surface area (Å²) < 4.78 is 19.4. The molecule has 0 fully saturated rings. The lowest BCUT2D eigenvalue weighted by Gasteiger charge is -2.15. The van der Waals surface area contributed by atoms with Crippen LogP contribution in [0.25, 0.3) is 11.3 Å². The van der Waals surface area contributed by atoms with E-state index in [1.54, 1.807) is 14.2 Å². The fourth-order valence-electron chi connectivity index (χ4n) is 4.85. The molecule has 8 heteroatoms. The minimum absolute atomic E-state index is 0.0336. The predicted octanol–water partition coefficient (Wildman–Crippen LogP) is 6.79. The molecular formula is C29H28BrN3O4. The number of carbonyl (C=O) groups excluding carboxylic acids is 1. The van der Waals surface area contributed by atoms with Gasteiger partial charge in [0, 0.05) is 27.2 Å². The summed E-state index contributed by atoms with van der Waals surface area (Å²) in [6.07, 6.45) is 0.826. The van der Waals surface area contributed by atoms with Crippen molar-refractivity contribution in [3.05, 3.63) is 87.9 Å². The van der Waals surface area contributed by atoms with Crippen molar-refractivity contribution in [2.75, 3.05) is 26.1 Å². The number of hydrogen-bond acceptors (Lipinski definition) is 6. The van der Waals surface area contributed by atoms with Crippen molar-refractivity contribution >= 4 is 33.3 Å². The highest BCUT2D eigenvalue weighted by Crippen LogP contribution is 2.52. The molecule has 1 aliphatic rings. The molecule has 1 atom stereocenters. The van der Waals surface area contributed by atoms with Gasteiger partial charge in [-0.1, -0.05) is 59.3 Å².